The van der Waals surface area contributed by atoms with Crippen LogP contribution in [-0.2, 0) is 0 Å². The third-order valence-electron chi connectivity index (χ3n) is 9.80. The minimum atomic E-state index is 1.13. The Morgan fingerprint density at radius 1 is 0.333 bits per heavy atom. The smallest absolute Gasteiger partial charge is 0.0468 e. The van der Waals surface area contributed by atoms with Crippen LogP contribution in [0.1, 0.15) is 0 Å². The third-order valence-corrected chi connectivity index (χ3v) is 11.0. The SMILES string of the molecule is c1ccc(N(c2ccc(-c3ccc4ccc5ccc6ccccc6c5c4c3)cc2)c2ccc3sc4c5ccccc5ccc4c3c2)cc1. The van der Waals surface area contributed by atoms with E-state index in [-0.39, 0.29) is 0 Å². The Labute approximate surface area is 282 Å². The lowest BCUT2D eigenvalue weighted by molar-refractivity contribution is 1.29. The Hall–Kier alpha value is -5.96. The van der Waals surface area contributed by atoms with Gasteiger partial charge < -0.3 is 4.90 Å². The third kappa shape index (κ3) is 4.31. The number of rotatable bonds is 4. The van der Waals surface area contributed by atoms with E-state index < -0.39 is 0 Å². The van der Waals surface area contributed by atoms with Crippen LogP contribution in [-0.4, -0.2) is 0 Å². The fraction of sp³-hybridized carbons (Fsp3) is 0. The monoisotopic (exact) mass is 627 g/mol. The fourth-order valence-electron chi connectivity index (χ4n) is 7.46. The Kier molecular flexibility index (Phi) is 6.12. The van der Waals surface area contributed by atoms with E-state index in [0.29, 0.717) is 0 Å². The molecule has 0 fully saturated rings. The summed E-state index contributed by atoms with van der Waals surface area (Å²) in [5.74, 6) is 0. The Morgan fingerprint density at radius 3 is 1.73 bits per heavy atom. The Bertz CT molecular complexity index is 2820. The van der Waals surface area contributed by atoms with Crippen LogP contribution in [0, 0.1) is 0 Å². The topological polar surface area (TPSA) is 3.24 Å². The van der Waals surface area contributed by atoms with Gasteiger partial charge in [-0.05, 0) is 103 Å². The highest BCUT2D eigenvalue weighted by Gasteiger charge is 2.16. The number of fused-ring (bicyclic) bond motifs is 10. The van der Waals surface area contributed by atoms with Crippen molar-refractivity contribution >= 4 is 91.7 Å². The van der Waals surface area contributed by atoms with Crippen LogP contribution in [0.5, 0.6) is 0 Å². The summed E-state index contributed by atoms with van der Waals surface area (Å²) in [6.07, 6.45) is 0. The van der Waals surface area contributed by atoms with Gasteiger partial charge in [0.2, 0.25) is 0 Å². The number of thiophene rings is 1. The molecule has 0 spiro atoms. The molecule has 0 radical (unpaired) electrons. The highest BCUT2D eigenvalue weighted by atomic mass is 32.1. The number of benzene rings is 9. The summed E-state index contributed by atoms with van der Waals surface area (Å²) in [5, 5.41) is 12.9. The van der Waals surface area contributed by atoms with Crippen molar-refractivity contribution in [2.75, 3.05) is 4.90 Å². The van der Waals surface area contributed by atoms with Crippen LogP contribution >= 0.6 is 11.3 Å². The van der Waals surface area contributed by atoms with Crippen LogP contribution < -0.4 is 4.90 Å². The molecule has 0 bridgehead atoms. The summed E-state index contributed by atoms with van der Waals surface area (Å²) in [6.45, 7) is 0. The van der Waals surface area contributed by atoms with Crippen molar-refractivity contribution < 1.29 is 0 Å². The molecular formula is C46H29NS. The largest absolute Gasteiger partial charge is 0.310 e. The first-order valence-electron chi connectivity index (χ1n) is 16.4. The first-order chi connectivity index (χ1) is 23.8. The Morgan fingerprint density at radius 2 is 0.917 bits per heavy atom. The average molecular weight is 628 g/mol. The maximum absolute atomic E-state index is 2.37. The molecule has 2 heteroatoms. The second kappa shape index (κ2) is 10.8. The number of hydrogen-bond donors (Lipinski definition) is 0. The zero-order chi connectivity index (χ0) is 31.6. The van der Waals surface area contributed by atoms with E-state index in [0.717, 1.165) is 17.1 Å². The highest BCUT2D eigenvalue weighted by Crippen LogP contribution is 2.43. The Balaban J connectivity index is 1.09. The zero-order valence-electron chi connectivity index (χ0n) is 26.1. The first kappa shape index (κ1) is 27.2. The second-order valence-electron chi connectivity index (χ2n) is 12.6. The molecule has 0 amide bonds. The summed E-state index contributed by atoms with van der Waals surface area (Å²) < 4.78 is 2.66. The van der Waals surface area contributed by atoms with Gasteiger partial charge in [-0.15, -0.1) is 11.3 Å². The van der Waals surface area contributed by atoms with Crippen molar-refractivity contribution in [1.82, 2.24) is 0 Å². The zero-order valence-corrected chi connectivity index (χ0v) is 26.9. The van der Waals surface area contributed by atoms with Crippen molar-refractivity contribution in [2.45, 2.75) is 0 Å². The van der Waals surface area contributed by atoms with Gasteiger partial charge in [0.15, 0.2) is 0 Å². The maximum atomic E-state index is 2.37. The van der Waals surface area contributed by atoms with Gasteiger partial charge in [-0.25, -0.2) is 0 Å². The van der Waals surface area contributed by atoms with Gasteiger partial charge in [-0.1, -0.05) is 127 Å². The lowest BCUT2D eigenvalue weighted by Gasteiger charge is -2.26. The lowest BCUT2D eigenvalue weighted by atomic mass is 9.94. The molecule has 1 nitrogen and oxygen atoms in total. The van der Waals surface area contributed by atoms with E-state index in [2.05, 4.69) is 181 Å². The van der Waals surface area contributed by atoms with Crippen LogP contribution in [0.3, 0.4) is 0 Å². The molecule has 0 saturated heterocycles. The quantitative estimate of drug-likeness (QED) is 0.176. The molecule has 224 valence electrons. The van der Waals surface area contributed by atoms with Crippen LogP contribution in [0.2, 0.25) is 0 Å². The molecule has 0 aliphatic carbocycles. The van der Waals surface area contributed by atoms with E-state index in [1.165, 1.54) is 74.4 Å². The normalized spacial score (nSPS) is 11.8. The predicted molar refractivity (Wildman–Crippen MR) is 209 cm³/mol. The fourth-order valence-corrected chi connectivity index (χ4v) is 8.68. The van der Waals surface area contributed by atoms with E-state index in [4.69, 9.17) is 0 Å². The maximum Gasteiger partial charge on any atom is 0.0468 e. The number of para-hydroxylation sites is 1. The van der Waals surface area contributed by atoms with Crippen molar-refractivity contribution in [3.63, 3.8) is 0 Å². The molecule has 0 aliphatic heterocycles. The van der Waals surface area contributed by atoms with Gasteiger partial charge in [0.25, 0.3) is 0 Å². The molecule has 1 aromatic heterocycles. The number of anilines is 3. The van der Waals surface area contributed by atoms with Crippen molar-refractivity contribution in [2.24, 2.45) is 0 Å². The van der Waals surface area contributed by atoms with E-state index >= 15 is 0 Å². The summed E-state index contributed by atoms with van der Waals surface area (Å²) in [4.78, 5) is 2.37. The summed E-state index contributed by atoms with van der Waals surface area (Å²) in [7, 11) is 0. The first-order valence-corrected chi connectivity index (χ1v) is 17.2. The van der Waals surface area contributed by atoms with Gasteiger partial charge in [0.1, 0.15) is 0 Å². The molecule has 48 heavy (non-hydrogen) atoms. The standard InChI is InChI=1S/C46H29NS/c1-2-10-36(11-3-1)47(38-25-27-44-43(29-38)41-26-22-32-9-5-7-13-40(32)46(41)48-44)37-23-20-30(21-24-37)35-19-16-33-15-18-34-17-14-31-8-4-6-12-39(31)45(34)42(33)28-35/h1-29H. The predicted octanol–water partition coefficient (Wildman–Crippen LogP) is 13.8. The molecule has 0 saturated carbocycles. The molecule has 10 aromatic rings. The van der Waals surface area contributed by atoms with Crippen LogP contribution in [0.4, 0.5) is 17.1 Å². The van der Waals surface area contributed by atoms with E-state index in [1.54, 1.807) is 0 Å². The summed E-state index contributed by atoms with van der Waals surface area (Å²) in [6, 6.07) is 64.5. The van der Waals surface area contributed by atoms with Gasteiger partial charge in [0, 0.05) is 37.2 Å². The molecule has 0 aliphatic rings. The minimum absolute atomic E-state index is 1.13. The van der Waals surface area contributed by atoms with Crippen molar-refractivity contribution in [3.05, 3.63) is 176 Å². The number of hydrogen-bond acceptors (Lipinski definition) is 2. The van der Waals surface area contributed by atoms with Gasteiger partial charge in [0.05, 0.1) is 0 Å². The van der Waals surface area contributed by atoms with Crippen molar-refractivity contribution in [3.8, 4) is 11.1 Å². The second-order valence-corrected chi connectivity index (χ2v) is 13.6. The van der Waals surface area contributed by atoms with E-state index in [1.807, 2.05) is 11.3 Å². The summed E-state index contributed by atoms with van der Waals surface area (Å²) >= 11 is 1.89. The van der Waals surface area contributed by atoms with Crippen molar-refractivity contribution in [1.29, 1.82) is 0 Å². The lowest BCUT2D eigenvalue weighted by Crippen LogP contribution is -2.09. The number of nitrogens with zero attached hydrogens (tertiary/aromatic N) is 1. The molecule has 1 heterocycles. The molecule has 0 N–H and O–H groups in total. The molecule has 0 unspecified atom stereocenters. The average Bonchev–Trinajstić information content (AvgIpc) is 3.54. The van der Waals surface area contributed by atoms with Gasteiger partial charge in [-0.3, -0.25) is 0 Å². The molecule has 0 atom stereocenters. The van der Waals surface area contributed by atoms with E-state index in [9.17, 15) is 0 Å². The summed E-state index contributed by atoms with van der Waals surface area (Å²) in [5.41, 5.74) is 5.85. The van der Waals surface area contributed by atoms with Gasteiger partial charge >= 0.3 is 0 Å². The van der Waals surface area contributed by atoms with Gasteiger partial charge in [-0.2, -0.15) is 0 Å². The van der Waals surface area contributed by atoms with Crippen LogP contribution in [0.25, 0.3) is 74.4 Å². The van der Waals surface area contributed by atoms with Crippen LogP contribution in [0.15, 0.2) is 176 Å². The molecule has 10 rings (SSSR count). The molecule has 9 aromatic carbocycles. The highest BCUT2D eigenvalue weighted by molar-refractivity contribution is 7.26. The minimum Gasteiger partial charge on any atom is -0.310 e. The molecular weight excluding hydrogens is 599 g/mol.